The van der Waals surface area contributed by atoms with Crippen LogP contribution in [-0.4, -0.2) is 46.9 Å². The summed E-state index contributed by atoms with van der Waals surface area (Å²) >= 11 is 0. The number of Topliss-reactive ketones (excluding diaryl/α,β-unsaturated/α-hetero) is 1. The number of hydrogen-bond acceptors (Lipinski definition) is 7. The second-order valence-electron chi connectivity index (χ2n) is 11.4. The van der Waals surface area contributed by atoms with Crippen molar-refractivity contribution in [1.29, 1.82) is 0 Å². The summed E-state index contributed by atoms with van der Waals surface area (Å²) in [5.74, 6) is -0.956. The Morgan fingerprint density at radius 3 is 2.56 bits per heavy atom. The first-order valence-corrected chi connectivity index (χ1v) is 12.8. The third-order valence-electron chi connectivity index (χ3n) is 9.60. The average Bonchev–Trinajstić information content (AvgIpc) is 3.04. The maximum atomic E-state index is 13.6. The van der Waals surface area contributed by atoms with Gasteiger partial charge in [0.1, 0.15) is 0 Å². The molecule has 7 nitrogen and oxygen atoms in total. The molecule has 4 aliphatic rings. The first-order chi connectivity index (χ1) is 16.0. The van der Waals surface area contributed by atoms with Gasteiger partial charge in [0.2, 0.25) is 5.78 Å². The monoisotopic (exact) mass is 474 g/mol. The minimum Gasteiger partial charge on any atom is -0.457 e. The van der Waals surface area contributed by atoms with Gasteiger partial charge in [-0.2, -0.15) is 0 Å². The first-order valence-electron chi connectivity index (χ1n) is 12.8. The molecule has 1 N–H and O–H groups in total. The molecule has 34 heavy (non-hydrogen) atoms. The zero-order valence-corrected chi connectivity index (χ0v) is 20.9. The van der Waals surface area contributed by atoms with E-state index < -0.39 is 41.4 Å². The predicted octanol–water partition coefficient (Wildman–Crippen LogP) is 3.70. The average molecular weight is 475 g/mol. The Balaban J connectivity index is 1.67. The first kappa shape index (κ1) is 25.1. The molecule has 0 spiro atoms. The highest BCUT2D eigenvalue weighted by Crippen LogP contribution is 2.68. The normalized spacial score (nSPS) is 41.0. The fourth-order valence-electron chi connectivity index (χ4n) is 8.14. The molecule has 4 aliphatic carbocycles. The van der Waals surface area contributed by atoms with E-state index in [0.29, 0.717) is 32.1 Å². The maximum Gasteiger partial charge on any atom is 0.306 e. The van der Waals surface area contributed by atoms with E-state index in [2.05, 4.69) is 6.92 Å². The van der Waals surface area contributed by atoms with Gasteiger partial charge in [-0.3, -0.25) is 19.2 Å². The molecule has 0 heterocycles. The van der Waals surface area contributed by atoms with Crippen molar-refractivity contribution in [3.63, 3.8) is 0 Å². The van der Waals surface area contributed by atoms with Gasteiger partial charge >= 0.3 is 11.9 Å². The Labute approximate surface area is 201 Å². The van der Waals surface area contributed by atoms with Crippen molar-refractivity contribution < 1.29 is 33.8 Å². The van der Waals surface area contributed by atoms with Gasteiger partial charge in [-0.25, -0.2) is 0 Å². The summed E-state index contributed by atoms with van der Waals surface area (Å²) in [6, 6.07) is 0. The lowest BCUT2D eigenvalue weighted by Gasteiger charge is -2.60. The Morgan fingerprint density at radius 1 is 1.15 bits per heavy atom. The van der Waals surface area contributed by atoms with E-state index in [9.17, 15) is 24.3 Å². The molecule has 0 amide bonds. The third kappa shape index (κ3) is 3.75. The molecule has 0 unspecified atom stereocenters. The molecule has 0 aromatic carbocycles. The summed E-state index contributed by atoms with van der Waals surface area (Å²) in [4.78, 5) is 49.8. The highest BCUT2D eigenvalue weighted by molar-refractivity contribution is 5.93. The number of ether oxygens (including phenoxy) is 2. The van der Waals surface area contributed by atoms with E-state index >= 15 is 0 Å². The van der Waals surface area contributed by atoms with Crippen LogP contribution in [0.5, 0.6) is 0 Å². The maximum absolute atomic E-state index is 13.6. The van der Waals surface area contributed by atoms with Crippen LogP contribution in [0, 0.1) is 28.6 Å². The fraction of sp³-hybridized carbons (Fsp3) is 0.778. The summed E-state index contributed by atoms with van der Waals surface area (Å²) in [7, 11) is 0. The lowest BCUT2D eigenvalue weighted by Crippen LogP contribution is -2.63. The van der Waals surface area contributed by atoms with Crippen LogP contribution in [0.3, 0.4) is 0 Å². The number of esters is 2. The van der Waals surface area contributed by atoms with Crippen LogP contribution in [0.4, 0.5) is 0 Å². The topological polar surface area (TPSA) is 107 Å². The zero-order valence-electron chi connectivity index (χ0n) is 20.9. The second-order valence-corrected chi connectivity index (χ2v) is 11.4. The molecule has 0 aromatic heterocycles. The van der Waals surface area contributed by atoms with Crippen molar-refractivity contribution >= 4 is 23.5 Å². The van der Waals surface area contributed by atoms with Crippen molar-refractivity contribution in [2.75, 3.05) is 6.61 Å². The number of allylic oxidation sites excluding steroid dienone is 1. The van der Waals surface area contributed by atoms with Gasteiger partial charge in [0.15, 0.2) is 18.0 Å². The smallest absolute Gasteiger partial charge is 0.306 e. The summed E-state index contributed by atoms with van der Waals surface area (Å²) in [5.41, 5.74) is -1.25. The number of hydrogen-bond donors (Lipinski definition) is 1. The van der Waals surface area contributed by atoms with E-state index in [-0.39, 0.29) is 35.4 Å². The Hall–Kier alpha value is -2.02. The standard InChI is InChI=1S/C27H38O7/c1-5-6-23(32)33-15-22(31)27(34-16(2)28)12-10-20-19-8-7-17-13-18(29)9-11-25(17,3)24(19)21(30)14-26(20,27)4/h13,19-21,24,30H,5-12,14-15H2,1-4H3/t19-,20-,21+,24+,25-,26-,27-/m0/s1. The van der Waals surface area contributed by atoms with Gasteiger partial charge in [0.05, 0.1) is 6.10 Å². The van der Waals surface area contributed by atoms with E-state index in [1.165, 1.54) is 6.92 Å². The summed E-state index contributed by atoms with van der Waals surface area (Å²) in [5, 5.41) is 11.6. The van der Waals surface area contributed by atoms with Gasteiger partial charge in [-0.1, -0.05) is 26.3 Å². The largest absolute Gasteiger partial charge is 0.457 e. The van der Waals surface area contributed by atoms with Crippen LogP contribution in [-0.2, 0) is 28.7 Å². The van der Waals surface area contributed by atoms with Gasteiger partial charge < -0.3 is 14.6 Å². The zero-order chi connectivity index (χ0) is 24.9. The summed E-state index contributed by atoms with van der Waals surface area (Å²) in [6.45, 7) is 6.89. The molecule has 3 saturated carbocycles. The van der Waals surface area contributed by atoms with Crippen LogP contribution in [0.1, 0.15) is 85.5 Å². The van der Waals surface area contributed by atoms with Crippen molar-refractivity contribution in [2.45, 2.75) is 97.2 Å². The molecule has 4 rings (SSSR count). The minimum atomic E-state index is -1.42. The molecule has 7 heteroatoms. The van der Waals surface area contributed by atoms with Gasteiger partial charge in [-0.15, -0.1) is 0 Å². The molecule has 0 aromatic rings. The van der Waals surface area contributed by atoms with Gasteiger partial charge in [-0.05, 0) is 74.2 Å². The molecule has 0 aliphatic heterocycles. The molecule has 0 saturated heterocycles. The van der Waals surface area contributed by atoms with Crippen LogP contribution >= 0.6 is 0 Å². The summed E-state index contributed by atoms with van der Waals surface area (Å²) < 4.78 is 11.1. The minimum absolute atomic E-state index is 0.00397. The lowest BCUT2D eigenvalue weighted by atomic mass is 9.45. The molecule has 188 valence electrons. The summed E-state index contributed by atoms with van der Waals surface area (Å²) in [6.07, 6.45) is 6.26. The van der Waals surface area contributed by atoms with Crippen molar-refractivity contribution in [3.8, 4) is 0 Å². The van der Waals surface area contributed by atoms with Crippen LogP contribution < -0.4 is 0 Å². The Kier molecular flexibility index (Phi) is 6.56. The highest BCUT2D eigenvalue weighted by atomic mass is 16.6. The number of rotatable bonds is 6. The number of carbonyl (C=O) groups is 4. The lowest BCUT2D eigenvalue weighted by molar-refractivity contribution is -0.201. The van der Waals surface area contributed by atoms with Gasteiger partial charge in [0, 0.05) is 25.2 Å². The number of ketones is 2. The van der Waals surface area contributed by atoms with E-state index in [0.717, 1.165) is 24.8 Å². The number of aliphatic hydroxyl groups is 1. The molecular formula is C27H38O7. The van der Waals surface area contributed by atoms with Gasteiger partial charge in [0.25, 0.3) is 0 Å². The molecule has 0 radical (unpaired) electrons. The van der Waals surface area contributed by atoms with Crippen LogP contribution in [0.15, 0.2) is 11.6 Å². The second kappa shape index (κ2) is 8.89. The number of aliphatic hydroxyl groups excluding tert-OH is 1. The Bertz CT molecular complexity index is 922. The van der Waals surface area contributed by atoms with Crippen molar-refractivity contribution in [3.05, 3.63) is 11.6 Å². The Morgan fingerprint density at radius 2 is 1.88 bits per heavy atom. The highest BCUT2D eigenvalue weighted by Gasteiger charge is 2.70. The third-order valence-corrected chi connectivity index (χ3v) is 9.60. The quantitative estimate of drug-likeness (QED) is 0.585. The van der Waals surface area contributed by atoms with Crippen LogP contribution in [0.2, 0.25) is 0 Å². The van der Waals surface area contributed by atoms with Crippen molar-refractivity contribution in [2.24, 2.45) is 28.6 Å². The van der Waals surface area contributed by atoms with E-state index in [4.69, 9.17) is 9.47 Å². The van der Waals surface area contributed by atoms with E-state index in [1.807, 2.05) is 13.8 Å². The molecule has 3 fully saturated rings. The molecular weight excluding hydrogens is 436 g/mol. The fourth-order valence-corrected chi connectivity index (χ4v) is 8.14. The number of fused-ring (bicyclic) bond motifs is 5. The predicted molar refractivity (Wildman–Crippen MR) is 123 cm³/mol. The van der Waals surface area contributed by atoms with Crippen LogP contribution in [0.25, 0.3) is 0 Å². The van der Waals surface area contributed by atoms with Crippen molar-refractivity contribution in [1.82, 2.24) is 0 Å². The SMILES string of the molecule is CCCC(=O)OCC(=O)[C@@]1(OC(C)=O)CC[C@H]2[C@@H]3CCC4=CC(=O)CC[C@]4(C)[C@H]3[C@H](O)C[C@@]21C. The molecule has 7 atom stereocenters. The molecule has 0 bridgehead atoms. The van der Waals surface area contributed by atoms with E-state index in [1.54, 1.807) is 6.08 Å². The number of carbonyl (C=O) groups excluding carboxylic acids is 4.